The number of rotatable bonds is 2. The number of nitrogens with zero attached hydrogens (tertiary/aromatic N) is 1. The van der Waals surface area contributed by atoms with E-state index in [1.807, 2.05) is 13.1 Å². The minimum atomic E-state index is 0.0511. The predicted octanol–water partition coefficient (Wildman–Crippen LogP) is 1.63. The SMILES string of the molecule is CN1C(=O)Cc2cc(C(N)C3CCOCC3)ccc21. The van der Waals surface area contributed by atoms with E-state index >= 15 is 0 Å². The summed E-state index contributed by atoms with van der Waals surface area (Å²) in [6.07, 6.45) is 2.55. The van der Waals surface area contributed by atoms with Gasteiger partial charge in [-0.05, 0) is 36.0 Å². The number of fused-ring (bicyclic) bond motifs is 1. The number of carbonyl (C=O) groups is 1. The van der Waals surface area contributed by atoms with Crippen LogP contribution in [0.15, 0.2) is 18.2 Å². The quantitative estimate of drug-likeness (QED) is 0.879. The molecule has 4 heteroatoms. The van der Waals surface area contributed by atoms with Gasteiger partial charge in [-0.3, -0.25) is 4.79 Å². The lowest BCUT2D eigenvalue weighted by Gasteiger charge is -2.28. The maximum atomic E-state index is 11.7. The van der Waals surface area contributed by atoms with E-state index in [1.54, 1.807) is 4.90 Å². The third-order valence-corrected chi connectivity index (χ3v) is 4.34. The van der Waals surface area contributed by atoms with Gasteiger partial charge in [-0.2, -0.15) is 0 Å². The van der Waals surface area contributed by atoms with Crippen molar-refractivity contribution in [1.29, 1.82) is 0 Å². The molecule has 1 atom stereocenters. The van der Waals surface area contributed by atoms with Crippen molar-refractivity contribution in [2.45, 2.75) is 25.3 Å². The molecule has 0 radical (unpaired) electrons. The molecule has 3 rings (SSSR count). The second kappa shape index (κ2) is 4.94. The van der Waals surface area contributed by atoms with Crippen molar-refractivity contribution in [2.24, 2.45) is 11.7 Å². The molecule has 1 fully saturated rings. The molecule has 0 bridgehead atoms. The maximum Gasteiger partial charge on any atom is 0.231 e. The molecule has 2 aliphatic rings. The van der Waals surface area contributed by atoms with Crippen LogP contribution in [-0.2, 0) is 16.0 Å². The number of nitrogens with two attached hydrogens (primary N) is 1. The molecule has 1 aromatic carbocycles. The highest BCUT2D eigenvalue weighted by Crippen LogP contribution is 2.33. The molecule has 1 amide bonds. The summed E-state index contributed by atoms with van der Waals surface area (Å²) in [7, 11) is 1.83. The molecule has 1 aromatic rings. The first kappa shape index (κ1) is 12.6. The van der Waals surface area contributed by atoms with Crippen LogP contribution in [0.1, 0.15) is 30.0 Å². The molecule has 4 nitrogen and oxygen atoms in total. The molecule has 19 heavy (non-hydrogen) atoms. The van der Waals surface area contributed by atoms with Gasteiger partial charge in [0, 0.05) is 32.0 Å². The van der Waals surface area contributed by atoms with Crippen molar-refractivity contribution >= 4 is 11.6 Å². The lowest BCUT2D eigenvalue weighted by Crippen LogP contribution is -2.27. The Kier molecular flexibility index (Phi) is 3.29. The molecule has 2 aliphatic heterocycles. The Morgan fingerprint density at radius 1 is 1.37 bits per heavy atom. The van der Waals surface area contributed by atoms with Crippen molar-refractivity contribution in [3.05, 3.63) is 29.3 Å². The molecule has 1 saturated heterocycles. The third kappa shape index (κ3) is 2.26. The Labute approximate surface area is 113 Å². The standard InChI is InChI=1S/C15H20N2O2/c1-17-13-3-2-11(8-12(13)9-14(17)18)15(16)10-4-6-19-7-5-10/h2-3,8,10,15H,4-7,9,16H2,1H3. The van der Waals surface area contributed by atoms with Crippen LogP contribution >= 0.6 is 0 Å². The number of carbonyl (C=O) groups excluding carboxylic acids is 1. The summed E-state index contributed by atoms with van der Waals surface area (Å²) in [6, 6.07) is 6.25. The second-order valence-corrected chi connectivity index (χ2v) is 5.49. The average Bonchev–Trinajstić information content (AvgIpc) is 2.74. The highest BCUT2D eigenvalue weighted by Gasteiger charge is 2.27. The lowest BCUT2D eigenvalue weighted by molar-refractivity contribution is -0.117. The summed E-state index contributed by atoms with van der Waals surface area (Å²) in [5, 5.41) is 0. The van der Waals surface area contributed by atoms with Crippen molar-refractivity contribution in [3.63, 3.8) is 0 Å². The number of likely N-dealkylation sites (N-methyl/N-ethyl adjacent to an activating group) is 1. The molecule has 2 N–H and O–H groups in total. The number of anilines is 1. The Bertz CT molecular complexity index is 495. The molecule has 1 unspecified atom stereocenters. The van der Waals surface area contributed by atoms with Crippen molar-refractivity contribution < 1.29 is 9.53 Å². The monoisotopic (exact) mass is 260 g/mol. The molecular formula is C15H20N2O2. The van der Waals surface area contributed by atoms with E-state index in [2.05, 4.69) is 12.1 Å². The molecule has 0 aliphatic carbocycles. The van der Waals surface area contributed by atoms with E-state index in [9.17, 15) is 4.79 Å². The first-order chi connectivity index (χ1) is 9.16. The third-order valence-electron chi connectivity index (χ3n) is 4.34. The zero-order valence-corrected chi connectivity index (χ0v) is 11.3. The van der Waals surface area contributed by atoms with Gasteiger partial charge in [-0.1, -0.05) is 12.1 Å². The second-order valence-electron chi connectivity index (χ2n) is 5.49. The van der Waals surface area contributed by atoms with E-state index in [0.717, 1.165) is 42.9 Å². The van der Waals surface area contributed by atoms with Crippen molar-refractivity contribution in [2.75, 3.05) is 25.2 Å². The van der Waals surface area contributed by atoms with Crippen LogP contribution in [0.25, 0.3) is 0 Å². The van der Waals surface area contributed by atoms with Crippen LogP contribution < -0.4 is 10.6 Å². The van der Waals surface area contributed by atoms with Crippen LogP contribution in [0.5, 0.6) is 0 Å². The molecule has 0 aromatic heterocycles. The van der Waals surface area contributed by atoms with Gasteiger partial charge in [0.15, 0.2) is 0 Å². The first-order valence-corrected chi connectivity index (χ1v) is 6.89. The maximum absolute atomic E-state index is 11.7. The molecule has 102 valence electrons. The van der Waals surface area contributed by atoms with E-state index in [4.69, 9.17) is 10.5 Å². The summed E-state index contributed by atoms with van der Waals surface area (Å²) in [5.41, 5.74) is 9.65. The number of amides is 1. The molecule has 2 heterocycles. The van der Waals surface area contributed by atoms with Gasteiger partial charge >= 0.3 is 0 Å². The van der Waals surface area contributed by atoms with Crippen LogP contribution in [-0.4, -0.2) is 26.2 Å². The van der Waals surface area contributed by atoms with Gasteiger partial charge in [0.2, 0.25) is 5.91 Å². The topological polar surface area (TPSA) is 55.6 Å². The Morgan fingerprint density at radius 2 is 2.11 bits per heavy atom. The minimum absolute atomic E-state index is 0.0511. The smallest absolute Gasteiger partial charge is 0.231 e. The summed E-state index contributed by atoms with van der Waals surface area (Å²) < 4.78 is 5.38. The predicted molar refractivity (Wildman–Crippen MR) is 74.0 cm³/mol. The number of ether oxygens (including phenoxy) is 1. The van der Waals surface area contributed by atoms with Gasteiger partial charge in [-0.15, -0.1) is 0 Å². The zero-order chi connectivity index (χ0) is 13.4. The Hall–Kier alpha value is -1.39. The van der Waals surface area contributed by atoms with Crippen molar-refractivity contribution in [3.8, 4) is 0 Å². The van der Waals surface area contributed by atoms with Gasteiger partial charge in [0.1, 0.15) is 0 Å². The van der Waals surface area contributed by atoms with Crippen LogP contribution in [0.4, 0.5) is 5.69 Å². The van der Waals surface area contributed by atoms with Gasteiger partial charge in [-0.25, -0.2) is 0 Å². The highest BCUT2D eigenvalue weighted by molar-refractivity contribution is 6.00. The van der Waals surface area contributed by atoms with Crippen molar-refractivity contribution in [1.82, 2.24) is 0 Å². The highest BCUT2D eigenvalue weighted by atomic mass is 16.5. The lowest BCUT2D eigenvalue weighted by atomic mass is 9.87. The Balaban J connectivity index is 1.82. The Morgan fingerprint density at radius 3 is 2.84 bits per heavy atom. The van der Waals surface area contributed by atoms with Gasteiger partial charge in [0.25, 0.3) is 0 Å². The molecule has 0 saturated carbocycles. The minimum Gasteiger partial charge on any atom is -0.381 e. The fourth-order valence-corrected chi connectivity index (χ4v) is 3.04. The van der Waals surface area contributed by atoms with Crippen LogP contribution in [0, 0.1) is 5.92 Å². The normalized spacial score (nSPS) is 21.6. The average molecular weight is 260 g/mol. The van der Waals surface area contributed by atoms with E-state index in [-0.39, 0.29) is 11.9 Å². The summed E-state index contributed by atoms with van der Waals surface area (Å²) in [5.74, 6) is 0.647. The summed E-state index contributed by atoms with van der Waals surface area (Å²) >= 11 is 0. The molecule has 0 spiro atoms. The summed E-state index contributed by atoms with van der Waals surface area (Å²) in [6.45, 7) is 1.62. The summed E-state index contributed by atoms with van der Waals surface area (Å²) in [4.78, 5) is 13.4. The largest absolute Gasteiger partial charge is 0.381 e. The fourth-order valence-electron chi connectivity index (χ4n) is 3.04. The van der Waals surface area contributed by atoms with Gasteiger partial charge in [0.05, 0.1) is 6.42 Å². The molecular weight excluding hydrogens is 240 g/mol. The van der Waals surface area contributed by atoms with Crippen LogP contribution in [0.2, 0.25) is 0 Å². The van der Waals surface area contributed by atoms with E-state index in [0.29, 0.717) is 12.3 Å². The first-order valence-electron chi connectivity index (χ1n) is 6.89. The van der Waals surface area contributed by atoms with E-state index in [1.165, 1.54) is 0 Å². The van der Waals surface area contributed by atoms with Crippen LogP contribution in [0.3, 0.4) is 0 Å². The van der Waals surface area contributed by atoms with Gasteiger partial charge < -0.3 is 15.4 Å². The fraction of sp³-hybridized carbons (Fsp3) is 0.533. The number of hydrogen-bond donors (Lipinski definition) is 1. The zero-order valence-electron chi connectivity index (χ0n) is 11.3. The van der Waals surface area contributed by atoms with E-state index < -0.39 is 0 Å². The number of benzene rings is 1. The number of hydrogen-bond acceptors (Lipinski definition) is 3.